The minimum absolute atomic E-state index is 0.0560. The summed E-state index contributed by atoms with van der Waals surface area (Å²) in [5.74, 6) is 0.957. The average Bonchev–Trinajstić information content (AvgIpc) is 3.04. The van der Waals surface area contributed by atoms with E-state index in [1.54, 1.807) is 19.2 Å². The Labute approximate surface area is 260 Å². The van der Waals surface area contributed by atoms with Gasteiger partial charge < -0.3 is 14.8 Å². The van der Waals surface area contributed by atoms with E-state index in [0.29, 0.717) is 50.7 Å². The van der Waals surface area contributed by atoms with Crippen molar-refractivity contribution >= 4 is 35.0 Å². The van der Waals surface area contributed by atoms with Crippen molar-refractivity contribution in [3.63, 3.8) is 0 Å². The Kier molecular flexibility index (Phi) is 9.63. The number of aryl methyl sites for hydroxylation is 1. The normalized spacial score (nSPS) is 10.6. The van der Waals surface area contributed by atoms with Crippen LogP contribution in [0.3, 0.4) is 0 Å². The Morgan fingerprint density at radius 2 is 1.67 bits per heavy atom. The molecule has 0 atom stereocenters. The van der Waals surface area contributed by atoms with Crippen molar-refractivity contribution in [2.24, 2.45) is 0 Å². The van der Waals surface area contributed by atoms with E-state index in [0.717, 1.165) is 22.3 Å². The third kappa shape index (κ3) is 7.36. The van der Waals surface area contributed by atoms with Gasteiger partial charge in [-0.15, -0.1) is 0 Å². The Balaban J connectivity index is 1.46. The van der Waals surface area contributed by atoms with Crippen molar-refractivity contribution in [1.82, 2.24) is 4.98 Å². The molecule has 0 aliphatic heterocycles. The molecule has 0 bridgehead atoms. The molecule has 5 rings (SSSR count). The molecule has 214 valence electrons. The maximum Gasteiger partial charge on any atom is 0.234 e. The highest BCUT2D eigenvalue weighted by atomic mass is 35.5. The first kappa shape index (κ1) is 29.7. The Morgan fingerprint density at radius 3 is 2.37 bits per heavy atom. The predicted octanol–water partition coefficient (Wildman–Crippen LogP) is 8.57. The minimum Gasteiger partial charge on any atom is -0.493 e. The van der Waals surface area contributed by atoms with Gasteiger partial charge in [-0.1, -0.05) is 96.2 Å². The number of benzene rings is 4. The molecule has 5 aromatic rings. The second-order valence-electron chi connectivity index (χ2n) is 9.65. The fourth-order valence-electron chi connectivity index (χ4n) is 4.41. The van der Waals surface area contributed by atoms with E-state index in [-0.39, 0.29) is 11.7 Å². The minimum atomic E-state index is -0.233. The molecule has 0 aliphatic carbocycles. The summed E-state index contributed by atoms with van der Waals surface area (Å²) in [6.07, 6.45) is 0. The van der Waals surface area contributed by atoms with Gasteiger partial charge in [0.2, 0.25) is 5.91 Å². The van der Waals surface area contributed by atoms with Crippen LogP contribution >= 0.6 is 23.4 Å². The highest BCUT2D eigenvalue weighted by Crippen LogP contribution is 2.38. The number of aromatic nitrogens is 1. The number of halogens is 1. The summed E-state index contributed by atoms with van der Waals surface area (Å²) >= 11 is 7.43. The number of nitrogens with one attached hydrogen (secondary N) is 1. The fourth-order valence-corrected chi connectivity index (χ4v) is 5.39. The number of ether oxygens (including phenoxy) is 2. The fraction of sp³-hybridized carbons (Fsp3) is 0.114. The smallest absolute Gasteiger partial charge is 0.234 e. The summed E-state index contributed by atoms with van der Waals surface area (Å²) < 4.78 is 11.7. The summed E-state index contributed by atoms with van der Waals surface area (Å²) in [5, 5.41) is 14.2. The number of hydrogen-bond acceptors (Lipinski definition) is 6. The van der Waals surface area contributed by atoms with E-state index in [1.807, 2.05) is 97.9 Å². The first-order valence-corrected chi connectivity index (χ1v) is 14.9. The maximum absolute atomic E-state index is 12.9. The lowest BCUT2D eigenvalue weighted by Crippen LogP contribution is -2.14. The van der Waals surface area contributed by atoms with E-state index >= 15 is 0 Å². The number of pyridine rings is 1. The van der Waals surface area contributed by atoms with Crippen molar-refractivity contribution in [2.75, 3.05) is 18.2 Å². The van der Waals surface area contributed by atoms with Crippen LogP contribution in [0.4, 0.5) is 5.69 Å². The Hall–Kier alpha value is -4.77. The van der Waals surface area contributed by atoms with Gasteiger partial charge in [-0.3, -0.25) is 4.79 Å². The van der Waals surface area contributed by atoms with Crippen LogP contribution in [0.5, 0.6) is 11.5 Å². The topological polar surface area (TPSA) is 84.2 Å². The molecule has 8 heteroatoms. The molecule has 0 fully saturated rings. The van der Waals surface area contributed by atoms with Crippen molar-refractivity contribution in [1.29, 1.82) is 5.26 Å². The van der Waals surface area contributed by atoms with Gasteiger partial charge in [0.25, 0.3) is 0 Å². The van der Waals surface area contributed by atoms with E-state index in [1.165, 1.54) is 11.8 Å². The first-order valence-electron chi connectivity index (χ1n) is 13.5. The van der Waals surface area contributed by atoms with Crippen LogP contribution in [0.2, 0.25) is 5.02 Å². The molecule has 0 unspecified atom stereocenters. The van der Waals surface area contributed by atoms with E-state index < -0.39 is 0 Å². The van der Waals surface area contributed by atoms with E-state index in [4.69, 9.17) is 26.1 Å². The van der Waals surface area contributed by atoms with Crippen LogP contribution in [0.25, 0.3) is 22.4 Å². The van der Waals surface area contributed by atoms with E-state index in [2.05, 4.69) is 11.4 Å². The van der Waals surface area contributed by atoms with Crippen LogP contribution in [0.1, 0.15) is 16.7 Å². The zero-order valence-electron chi connectivity index (χ0n) is 23.6. The van der Waals surface area contributed by atoms with Gasteiger partial charge >= 0.3 is 0 Å². The lowest BCUT2D eigenvalue weighted by atomic mass is 9.99. The largest absolute Gasteiger partial charge is 0.493 e. The second-order valence-corrected chi connectivity index (χ2v) is 11.0. The number of methoxy groups -OCH3 is 1. The number of carbonyl (C=O) groups is 1. The van der Waals surface area contributed by atoms with Gasteiger partial charge in [-0.05, 0) is 53.9 Å². The summed E-state index contributed by atoms with van der Waals surface area (Å²) in [7, 11) is 1.59. The SMILES string of the molecule is COc1cc(-c2cc(-c3ccccc3)nc(SCC(=O)Nc3ccc(C)c(Cl)c3)c2C#N)ccc1OCc1ccccc1. The molecular weight excluding hydrogens is 578 g/mol. The molecular formula is C35H28ClN3O3S. The number of nitriles is 1. The summed E-state index contributed by atoms with van der Waals surface area (Å²) in [5.41, 5.74) is 5.96. The number of thioether (sulfide) groups is 1. The third-order valence-corrected chi connectivity index (χ3v) is 8.06. The molecule has 1 heterocycles. The number of hydrogen-bond donors (Lipinski definition) is 1. The zero-order chi connectivity index (χ0) is 30.2. The highest BCUT2D eigenvalue weighted by Gasteiger charge is 2.19. The van der Waals surface area contributed by atoms with Gasteiger partial charge in [0, 0.05) is 21.8 Å². The van der Waals surface area contributed by atoms with E-state index in [9.17, 15) is 10.1 Å². The lowest BCUT2D eigenvalue weighted by Gasteiger charge is -2.15. The van der Waals surface area contributed by atoms with Crippen LogP contribution in [-0.4, -0.2) is 23.8 Å². The zero-order valence-corrected chi connectivity index (χ0v) is 25.2. The Bertz CT molecular complexity index is 1790. The number of anilines is 1. The van der Waals surface area contributed by atoms with Crippen molar-refractivity contribution in [3.8, 4) is 40.0 Å². The molecule has 0 radical (unpaired) electrons. The molecule has 0 aliphatic rings. The monoisotopic (exact) mass is 605 g/mol. The average molecular weight is 606 g/mol. The molecule has 0 spiro atoms. The number of amides is 1. The Morgan fingerprint density at radius 1 is 0.930 bits per heavy atom. The van der Waals surface area contributed by atoms with Gasteiger partial charge in [0.15, 0.2) is 11.5 Å². The van der Waals surface area contributed by atoms with Gasteiger partial charge in [-0.2, -0.15) is 5.26 Å². The standard InChI is InChI=1S/C35H28ClN3O3S/c1-23-13-15-27(18-30(23)36)38-34(40)22-43-35-29(20-37)28(19-31(39-35)25-11-7-4-8-12-25)26-14-16-32(33(17-26)41-2)42-21-24-9-5-3-6-10-24/h3-19H,21-22H2,1-2H3,(H,38,40). The number of rotatable bonds is 10. The van der Waals surface area contributed by atoms with Crippen molar-refractivity contribution in [2.45, 2.75) is 18.6 Å². The van der Waals surface area contributed by atoms with Gasteiger partial charge in [0.05, 0.1) is 24.1 Å². The van der Waals surface area contributed by atoms with Crippen LogP contribution < -0.4 is 14.8 Å². The number of nitrogens with zero attached hydrogens (tertiary/aromatic N) is 2. The van der Waals surface area contributed by atoms with Crippen LogP contribution in [-0.2, 0) is 11.4 Å². The molecule has 1 aromatic heterocycles. The number of carbonyl (C=O) groups excluding carboxylic acids is 1. The van der Waals surface area contributed by atoms with Crippen molar-refractivity contribution < 1.29 is 14.3 Å². The van der Waals surface area contributed by atoms with Crippen LogP contribution in [0.15, 0.2) is 108 Å². The quantitative estimate of drug-likeness (QED) is 0.161. The molecule has 6 nitrogen and oxygen atoms in total. The third-order valence-electron chi connectivity index (χ3n) is 6.67. The summed E-state index contributed by atoms with van der Waals surface area (Å²) in [6.45, 7) is 2.29. The lowest BCUT2D eigenvalue weighted by molar-refractivity contribution is -0.113. The van der Waals surface area contributed by atoms with Gasteiger partial charge in [-0.25, -0.2) is 4.98 Å². The molecule has 1 N–H and O–H groups in total. The van der Waals surface area contributed by atoms with Gasteiger partial charge in [0.1, 0.15) is 17.7 Å². The highest BCUT2D eigenvalue weighted by molar-refractivity contribution is 8.00. The predicted molar refractivity (Wildman–Crippen MR) is 173 cm³/mol. The summed E-state index contributed by atoms with van der Waals surface area (Å²) in [4.78, 5) is 17.7. The summed E-state index contributed by atoms with van der Waals surface area (Å²) in [6, 6.07) is 34.8. The van der Waals surface area contributed by atoms with Crippen LogP contribution in [0, 0.1) is 18.3 Å². The molecule has 43 heavy (non-hydrogen) atoms. The first-order chi connectivity index (χ1) is 20.9. The molecule has 0 saturated heterocycles. The van der Waals surface area contributed by atoms with Crippen molar-refractivity contribution in [3.05, 3.63) is 125 Å². The molecule has 0 saturated carbocycles. The maximum atomic E-state index is 12.9. The molecule has 1 amide bonds. The second kappa shape index (κ2) is 13.9. The molecule has 4 aromatic carbocycles.